The van der Waals surface area contributed by atoms with Crippen molar-refractivity contribution in [2.24, 2.45) is 0 Å². The lowest BCUT2D eigenvalue weighted by molar-refractivity contribution is -0.213. The summed E-state index contributed by atoms with van der Waals surface area (Å²) in [5.41, 5.74) is 0. The van der Waals surface area contributed by atoms with Gasteiger partial charge in [-0.3, -0.25) is 4.79 Å². The lowest BCUT2D eigenvalue weighted by atomic mass is 10.1. The number of carboxylic acid groups (broad SMARTS) is 1. The Kier molecular flexibility index (Phi) is 1.66. The monoisotopic (exact) mass is 192 g/mol. The molecule has 0 bridgehead atoms. The van der Waals surface area contributed by atoms with Gasteiger partial charge in [0.05, 0.1) is 0 Å². The van der Waals surface area contributed by atoms with E-state index in [9.17, 15) is 14.4 Å². The van der Waals surface area contributed by atoms with Crippen molar-refractivity contribution in [2.75, 3.05) is 0 Å². The second kappa shape index (κ2) is 2.25. The van der Waals surface area contributed by atoms with Gasteiger partial charge in [-0.25, -0.2) is 9.59 Å². The Bertz CT molecular complexity index is 304. The van der Waals surface area contributed by atoms with Crippen molar-refractivity contribution in [2.45, 2.75) is 11.6 Å². The fraction of sp³-hybridized carbons (Fsp3) is 0.400. The van der Waals surface area contributed by atoms with Crippen molar-refractivity contribution < 1.29 is 39.5 Å². The second-order valence-corrected chi connectivity index (χ2v) is 2.34. The molecule has 72 valence electrons. The number of cyclic esters (lactones) is 1. The third-order valence-corrected chi connectivity index (χ3v) is 1.40. The van der Waals surface area contributed by atoms with Crippen LogP contribution in [0.25, 0.3) is 0 Å². The Morgan fingerprint density at radius 3 is 2.00 bits per heavy atom. The minimum atomic E-state index is -3.83. The van der Waals surface area contributed by atoms with Crippen molar-refractivity contribution in [3.8, 4) is 0 Å². The molecule has 0 aromatic carbocycles. The summed E-state index contributed by atoms with van der Waals surface area (Å²) in [7, 11) is 0. The van der Waals surface area contributed by atoms with Crippen molar-refractivity contribution >= 4 is 17.7 Å². The van der Waals surface area contributed by atoms with E-state index in [1.807, 2.05) is 0 Å². The fourth-order valence-corrected chi connectivity index (χ4v) is 0.581. The van der Waals surface area contributed by atoms with E-state index >= 15 is 0 Å². The zero-order valence-electron chi connectivity index (χ0n) is 5.92. The van der Waals surface area contributed by atoms with Gasteiger partial charge in [0.2, 0.25) is 0 Å². The van der Waals surface area contributed by atoms with Crippen LogP contribution in [0.15, 0.2) is 0 Å². The lowest BCUT2D eigenvalue weighted by Gasteiger charge is -2.13. The molecular weight excluding hydrogens is 188 g/mol. The summed E-state index contributed by atoms with van der Waals surface area (Å²) in [6, 6.07) is 0. The predicted molar refractivity (Wildman–Crippen MR) is 30.9 cm³/mol. The van der Waals surface area contributed by atoms with Gasteiger partial charge < -0.3 is 25.2 Å². The van der Waals surface area contributed by atoms with E-state index in [1.54, 1.807) is 0 Å². The van der Waals surface area contributed by atoms with Crippen molar-refractivity contribution in [1.82, 2.24) is 0 Å². The maximum atomic E-state index is 10.7. The van der Waals surface area contributed by atoms with Gasteiger partial charge in [0.25, 0.3) is 5.78 Å². The van der Waals surface area contributed by atoms with Gasteiger partial charge >= 0.3 is 23.5 Å². The van der Waals surface area contributed by atoms with Crippen molar-refractivity contribution in [3.63, 3.8) is 0 Å². The first-order valence-corrected chi connectivity index (χ1v) is 2.92. The quantitative estimate of drug-likeness (QED) is 0.205. The van der Waals surface area contributed by atoms with E-state index in [0.29, 0.717) is 0 Å². The average molecular weight is 192 g/mol. The minimum absolute atomic E-state index is 1.42. The molecule has 0 amide bonds. The van der Waals surface area contributed by atoms with Gasteiger partial charge in [-0.1, -0.05) is 0 Å². The average Bonchev–Trinajstić information content (AvgIpc) is 2.59. The van der Waals surface area contributed by atoms with Crippen LogP contribution in [0.2, 0.25) is 0 Å². The molecule has 8 nitrogen and oxygen atoms in total. The van der Waals surface area contributed by atoms with E-state index in [4.69, 9.17) is 20.4 Å². The van der Waals surface area contributed by atoms with Crippen molar-refractivity contribution in [1.29, 1.82) is 0 Å². The Morgan fingerprint density at radius 2 is 1.77 bits per heavy atom. The van der Waals surface area contributed by atoms with Crippen LogP contribution in [0.3, 0.4) is 0 Å². The molecule has 1 fully saturated rings. The predicted octanol–water partition coefficient (Wildman–Crippen LogP) is -3.43. The lowest BCUT2D eigenvalue weighted by Crippen LogP contribution is -2.53. The highest BCUT2D eigenvalue weighted by atomic mass is 16.8. The number of carboxylic acids is 1. The highest BCUT2D eigenvalue weighted by molar-refractivity contribution is 6.22. The summed E-state index contributed by atoms with van der Waals surface area (Å²) in [6.45, 7) is 0. The molecular formula is C5H4O8. The second-order valence-electron chi connectivity index (χ2n) is 2.34. The maximum Gasteiger partial charge on any atom is 0.391 e. The molecule has 1 heterocycles. The number of carbonyl (C=O) groups excluding carboxylic acids is 2. The number of ketones is 1. The van der Waals surface area contributed by atoms with E-state index in [2.05, 4.69) is 4.74 Å². The number of hydrogen-bond donors (Lipinski definition) is 4. The zero-order chi connectivity index (χ0) is 10.4. The third-order valence-electron chi connectivity index (χ3n) is 1.40. The number of ether oxygens (including phenoxy) is 1. The zero-order valence-corrected chi connectivity index (χ0v) is 5.92. The molecule has 8 heteroatoms. The van der Waals surface area contributed by atoms with Gasteiger partial charge in [0, 0.05) is 0 Å². The number of aliphatic hydroxyl groups is 3. The third kappa shape index (κ3) is 1.16. The number of hydrogen-bond acceptors (Lipinski definition) is 7. The molecule has 1 rings (SSSR count). The maximum absolute atomic E-state index is 10.7. The van der Waals surface area contributed by atoms with E-state index in [0.717, 1.165) is 0 Å². The molecule has 1 aliphatic heterocycles. The van der Waals surface area contributed by atoms with Crippen molar-refractivity contribution in [3.05, 3.63) is 0 Å². The van der Waals surface area contributed by atoms with Crippen LogP contribution in [0.4, 0.5) is 0 Å². The minimum Gasteiger partial charge on any atom is -0.477 e. The number of epoxide rings is 1. The number of Topliss-reactive ketones (excluding diaryl/α,β-unsaturated/α-hetero) is 1. The molecule has 1 unspecified atom stereocenters. The SMILES string of the molecule is O=C(O)C(O)(O)C(=O)C1(O)OC1=O. The Labute approximate surface area is 70.0 Å². The van der Waals surface area contributed by atoms with E-state index in [1.165, 1.54) is 0 Å². The molecule has 0 aromatic heterocycles. The summed E-state index contributed by atoms with van der Waals surface area (Å²) in [5.74, 6) is -12.6. The number of carbonyl (C=O) groups is 3. The molecule has 13 heavy (non-hydrogen) atoms. The number of rotatable bonds is 3. The van der Waals surface area contributed by atoms with Crippen LogP contribution in [0, 0.1) is 0 Å². The smallest absolute Gasteiger partial charge is 0.391 e. The highest BCUT2D eigenvalue weighted by Crippen LogP contribution is 2.30. The molecule has 1 atom stereocenters. The van der Waals surface area contributed by atoms with Crippen LogP contribution < -0.4 is 0 Å². The van der Waals surface area contributed by atoms with Gasteiger partial charge in [0.15, 0.2) is 0 Å². The molecule has 0 radical (unpaired) electrons. The van der Waals surface area contributed by atoms with Crippen LogP contribution >= 0.6 is 0 Å². The van der Waals surface area contributed by atoms with Gasteiger partial charge in [-0.15, -0.1) is 0 Å². The van der Waals surface area contributed by atoms with Crippen LogP contribution in [0.5, 0.6) is 0 Å². The first-order valence-electron chi connectivity index (χ1n) is 2.92. The topological polar surface area (TPSA) is 145 Å². The number of aliphatic carboxylic acids is 1. The van der Waals surface area contributed by atoms with E-state index in [-0.39, 0.29) is 0 Å². The molecule has 1 aliphatic rings. The van der Waals surface area contributed by atoms with Crippen LogP contribution in [-0.2, 0) is 19.1 Å². The Balaban J connectivity index is 2.92. The summed E-state index contributed by atoms with van der Waals surface area (Å²) < 4.78 is 3.69. The molecule has 1 saturated heterocycles. The van der Waals surface area contributed by atoms with Gasteiger partial charge in [-0.2, -0.15) is 0 Å². The Morgan fingerprint density at radius 1 is 1.38 bits per heavy atom. The standard InChI is InChI=1S/C5H4O8/c6-1(4(10,11)2(7)8)5(12)3(9)13-5/h10-12H,(H,7,8). The summed E-state index contributed by atoms with van der Waals surface area (Å²) in [6.07, 6.45) is 0. The van der Waals surface area contributed by atoms with Gasteiger partial charge in [0.1, 0.15) is 0 Å². The van der Waals surface area contributed by atoms with Gasteiger partial charge in [-0.05, 0) is 0 Å². The van der Waals surface area contributed by atoms with E-state index < -0.39 is 29.3 Å². The summed E-state index contributed by atoms with van der Waals surface area (Å²) in [4.78, 5) is 31.0. The Hall–Kier alpha value is -1.51. The normalized spacial score (nSPS) is 26.5. The molecule has 4 N–H and O–H groups in total. The summed E-state index contributed by atoms with van der Waals surface area (Å²) >= 11 is 0. The molecule has 0 aliphatic carbocycles. The summed E-state index contributed by atoms with van der Waals surface area (Å²) in [5, 5.41) is 34.0. The first kappa shape index (κ1) is 9.58. The van der Waals surface area contributed by atoms with Crippen LogP contribution in [-0.4, -0.2) is 49.7 Å². The molecule has 0 spiro atoms. The van der Waals surface area contributed by atoms with Crippen LogP contribution in [0.1, 0.15) is 0 Å². The highest BCUT2D eigenvalue weighted by Gasteiger charge is 2.71. The first-order chi connectivity index (χ1) is 5.73. The molecule has 0 aromatic rings. The fourth-order valence-electron chi connectivity index (χ4n) is 0.581. The largest absolute Gasteiger partial charge is 0.477 e. The molecule has 0 saturated carbocycles.